The third-order valence-corrected chi connectivity index (χ3v) is 5.10. The van der Waals surface area contributed by atoms with Crippen LogP contribution in [0.2, 0.25) is 0 Å². The molecule has 140 valence electrons. The van der Waals surface area contributed by atoms with Crippen molar-refractivity contribution < 1.29 is 4.79 Å². The fourth-order valence-electron chi connectivity index (χ4n) is 3.80. The standard InChI is InChI=1S/C19H22N6O2/c1-12-20-13(2)25(23-12)11-14-6-5-9-24(10-14)19(27)17-15-7-3-4-8-16(15)18(26)22-21-17/h3-4,7-8,14H,5-6,9-11H2,1-2H3,(H,22,26). The zero-order valence-corrected chi connectivity index (χ0v) is 15.5. The smallest absolute Gasteiger partial charge is 0.274 e. The number of nitrogens with zero attached hydrogens (tertiary/aromatic N) is 5. The van der Waals surface area contributed by atoms with Gasteiger partial charge < -0.3 is 4.90 Å². The number of aromatic amines is 1. The molecule has 1 fully saturated rings. The van der Waals surface area contributed by atoms with Crippen molar-refractivity contribution in [3.8, 4) is 0 Å². The molecule has 0 saturated carbocycles. The van der Waals surface area contributed by atoms with Gasteiger partial charge >= 0.3 is 0 Å². The van der Waals surface area contributed by atoms with Crippen molar-refractivity contribution in [2.45, 2.75) is 33.2 Å². The van der Waals surface area contributed by atoms with Crippen LogP contribution >= 0.6 is 0 Å². The number of hydrogen-bond donors (Lipinski definition) is 1. The number of carbonyl (C=O) groups is 1. The topological polar surface area (TPSA) is 96.8 Å². The van der Waals surface area contributed by atoms with Crippen molar-refractivity contribution in [2.24, 2.45) is 5.92 Å². The quantitative estimate of drug-likeness (QED) is 0.761. The predicted molar refractivity (Wildman–Crippen MR) is 100 cm³/mol. The van der Waals surface area contributed by atoms with E-state index in [-0.39, 0.29) is 11.5 Å². The molecule has 3 heterocycles. The van der Waals surface area contributed by atoms with E-state index in [1.165, 1.54) is 0 Å². The van der Waals surface area contributed by atoms with Crippen LogP contribution in [-0.4, -0.2) is 48.9 Å². The van der Waals surface area contributed by atoms with Crippen LogP contribution in [0.3, 0.4) is 0 Å². The molecular formula is C19H22N6O2. The molecule has 3 aromatic rings. The van der Waals surface area contributed by atoms with Gasteiger partial charge in [-0.05, 0) is 38.7 Å². The number of carbonyl (C=O) groups excluding carboxylic acids is 1. The Hall–Kier alpha value is -3.03. The largest absolute Gasteiger partial charge is 0.337 e. The van der Waals surface area contributed by atoms with Crippen LogP contribution in [0.5, 0.6) is 0 Å². The lowest BCUT2D eigenvalue weighted by Crippen LogP contribution is -2.42. The Kier molecular flexibility index (Phi) is 4.47. The number of aryl methyl sites for hydroxylation is 2. The Morgan fingerprint density at radius 1 is 1.26 bits per heavy atom. The molecule has 8 heteroatoms. The maximum Gasteiger partial charge on any atom is 0.274 e. The van der Waals surface area contributed by atoms with E-state index in [1.54, 1.807) is 18.2 Å². The molecule has 1 N–H and O–H groups in total. The molecule has 0 aliphatic carbocycles. The van der Waals surface area contributed by atoms with Gasteiger partial charge in [0.05, 0.1) is 5.39 Å². The van der Waals surface area contributed by atoms with E-state index in [9.17, 15) is 9.59 Å². The first-order valence-electron chi connectivity index (χ1n) is 9.17. The van der Waals surface area contributed by atoms with E-state index in [1.807, 2.05) is 29.5 Å². The van der Waals surface area contributed by atoms with Crippen molar-refractivity contribution >= 4 is 16.7 Å². The molecule has 0 spiro atoms. The lowest BCUT2D eigenvalue weighted by molar-refractivity contribution is 0.0654. The minimum atomic E-state index is -0.282. The molecule has 27 heavy (non-hydrogen) atoms. The first-order chi connectivity index (χ1) is 13.0. The summed E-state index contributed by atoms with van der Waals surface area (Å²) in [5.74, 6) is 1.83. The zero-order chi connectivity index (χ0) is 19.0. The van der Waals surface area contributed by atoms with E-state index in [2.05, 4.69) is 20.3 Å². The molecule has 0 bridgehead atoms. The van der Waals surface area contributed by atoms with Crippen molar-refractivity contribution in [3.05, 3.63) is 52.0 Å². The molecule has 4 rings (SSSR count). The minimum Gasteiger partial charge on any atom is -0.337 e. The Balaban J connectivity index is 1.57. The first kappa shape index (κ1) is 17.4. The maximum absolute atomic E-state index is 13.1. The second kappa shape index (κ2) is 6.94. The van der Waals surface area contributed by atoms with Crippen molar-refractivity contribution in [1.82, 2.24) is 29.9 Å². The molecule has 1 aliphatic heterocycles. The molecule has 1 saturated heterocycles. The summed E-state index contributed by atoms with van der Waals surface area (Å²) in [6.07, 6.45) is 1.98. The van der Waals surface area contributed by atoms with Gasteiger partial charge in [-0.1, -0.05) is 18.2 Å². The highest BCUT2D eigenvalue weighted by Gasteiger charge is 2.27. The number of aromatic nitrogens is 5. The normalized spacial score (nSPS) is 17.4. The van der Waals surface area contributed by atoms with E-state index in [0.29, 0.717) is 35.5 Å². The van der Waals surface area contributed by atoms with Gasteiger partial charge in [0.15, 0.2) is 5.69 Å². The molecular weight excluding hydrogens is 344 g/mol. The molecule has 1 aliphatic rings. The van der Waals surface area contributed by atoms with Crippen LogP contribution in [0, 0.1) is 19.8 Å². The Labute approximate surface area is 156 Å². The van der Waals surface area contributed by atoms with Gasteiger partial charge in [0.25, 0.3) is 11.5 Å². The number of hydrogen-bond acceptors (Lipinski definition) is 5. The maximum atomic E-state index is 13.1. The predicted octanol–water partition coefficient (Wildman–Crippen LogP) is 1.68. The van der Waals surface area contributed by atoms with Gasteiger partial charge in [0.2, 0.25) is 0 Å². The van der Waals surface area contributed by atoms with Gasteiger partial charge in [0, 0.05) is 25.0 Å². The molecule has 8 nitrogen and oxygen atoms in total. The summed E-state index contributed by atoms with van der Waals surface area (Å²) in [4.78, 5) is 31.2. The summed E-state index contributed by atoms with van der Waals surface area (Å²) in [6.45, 7) is 5.91. The van der Waals surface area contributed by atoms with Gasteiger partial charge in [-0.3, -0.25) is 9.59 Å². The van der Waals surface area contributed by atoms with Crippen LogP contribution in [0.4, 0.5) is 0 Å². The van der Waals surface area contributed by atoms with E-state index in [4.69, 9.17) is 0 Å². The molecule has 1 atom stereocenters. The Morgan fingerprint density at radius 2 is 2.04 bits per heavy atom. The average molecular weight is 366 g/mol. The SMILES string of the molecule is Cc1nc(C)n(CC2CCCN(C(=O)c3n[nH]c(=O)c4ccccc34)C2)n1. The number of rotatable bonds is 3. The molecule has 1 amide bonds. The third kappa shape index (κ3) is 3.34. The van der Waals surface area contributed by atoms with Crippen molar-refractivity contribution in [2.75, 3.05) is 13.1 Å². The number of nitrogens with one attached hydrogen (secondary N) is 1. The zero-order valence-electron chi connectivity index (χ0n) is 15.5. The summed E-state index contributed by atoms with van der Waals surface area (Å²) in [7, 11) is 0. The number of amides is 1. The van der Waals surface area contributed by atoms with Gasteiger partial charge in [-0.25, -0.2) is 14.8 Å². The number of benzene rings is 1. The van der Waals surface area contributed by atoms with Crippen LogP contribution in [0.1, 0.15) is 35.0 Å². The highest BCUT2D eigenvalue weighted by molar-refractivity contribution is 6.04. The molecule has 1 aromatic carbocycles. The number of fused-ring (bicyclic) bond motifs is 1. The number of likely N-dealkylation sites (tertiary alicyclic amines) is 1. The summed E-state index contributed by atoms with van der Waals surface area (Å²) >= 11 is 0. The average Bonchev–Trinajstić information content (AvgIpc) is 2.99. The fourth-order valence-corrected chi connectivity index (χ4v) is 3.80. The molecule has 0 radical (unpaired) electrons. The third-order valence-electron chi connectivity index (χ3n) is 5.10. The second-order valence-electron chi connectivity index (χ2n) is 7.09. The fraction of sp³-hybridized carbons (Fsp3) is 0.421. The van der Waals surface area contributed by atoms with Crippen LogP contribution < -0.4 is 5.56 Å². The Morgan fingerprint density at radius 3 is 2.78 bits per heavy atom. The van der Waals surface area contributed by atoms with Crippen LogP contribution in [0.15, 0.2) is 29.1 Å². The monoisotopic (exact) mass is 366 g/mol. The first-order valence-corrected chi connectivity index (χ1v) is 9.17. The van der Waals surface area contributed by atoms with Gasteiger partial charge in [-0.15, -0.1) is 0 Å². The van der Waals surface area contributed by atoms with E-state index < -0.39 is 0 Å². The second-order valence-corrected chi connectivity index (χ2v) is 7.09. The summed E-state index contributed by atoms with van der Waals surface area (Å²) in [5, 5.41) is 12.0. The Bertz CT molecular complexity index is 1050. The highest BCUT2D eigenvalue weighted by atomic mass is 16.2. The number of H-pyrrole nitrogens is 1. The van der Waals surface area contributed by atoms with E-state index >= 15 is 0 Å². The van der Waals surface area contributed by atoms with Gasteiger partial charge in [-0.2, -0.15) is 10.2 Å². The summed E-state index contributed by atoms with van der Waals surface area (Å²) < 4.78 is 1.92. The number of piperidine rings is 1. The van der Waals surface area contributed by atoms with E-state index in [0.717, 1.165) is 31.0 Å². The van der Waals surface area contributed by atoms with Gasteiger partial charge in [0.1, 0.15) is 11.6 Å². The van der Waals surface area contributed by atoms with Crippen LogP contribution in [-0.2, 0) is 6.54 Å². The van der Waals surface area contributed by atoms with Crippen molar-refractivity contribution in [1.29, 1.82) is 0 Å². The molecule has 2 aromatic heterocycles. The highest BCUT2D eigenvalue weighted by Crippen LogP contribution is 2.22. The summed E-state index contributed by atoms with van der Waals surface area (Å²) in [6, 6.07) is 7.08. The van der Waals surface area contributed by atoms with Crippen molar-refractivity contribution in [3.63, 3.8) is 0 Å². The lowest BCUT2D eigenvalue weighted by atomic mass is 9.97. The summed E-state index contributed by atoms with van der Waals surface area (Å²) in [5.41, 5.74) is 0.0225. The molecule has 1 unspecified atom stereocenters. The lowest BCUT2D eigenvalue weighted by Gasteiger charge is -2.32. The minimum absolute atomic E-state index is 0.140. The van der Waals surface area contributed by atoms with Crippen LogP contribution in [0.25, 0.3) is 10.8 Å².